The molecule has 24 heavy (non-hydrogen) atoms. The number of anilines is 1. The molecule has 3 N–H and O–H groups in total. The Kier molecular flexibility index (Phi) is 5.17. The van der Waals surface area contributed by atoms with Crippen LogP contribution in [0.15, 0.2) is 41.9 Å². The van der Waals surface area contributed by atoms with E-state index in [4.69, 9.17) is 5.73 Å². The number of nitrogens with two attached hydrogens (primary N) is 1. The summed E-state index contributed by atoms with van der Waals surface area (Å²) in [5, 5.41) is 13.2. The number of nitrogens with one attached hydrogen (secondary N) is 1. The van der Waals surface area contributed by atoms with E-state index in [0.717, 1.165) is 12.1 Å². The van der Waals surface area contributed by atoms with Gasteiger partial charge in [-0.05, 0) is 12.0 Å². The highest BCUT2D eigenvalue weighted by atomic mass is 32.1. The molecule has 3 rings (SSSR count). The number of rotatable bonds is 7. The van der Waals surface area contributed by atoms with Crippen molar-refractivity contribution in [1.29, 1.82) is 0 Å². The lowest BCUT2D eigenvalue weighted by molar-refractivity contribution is 0.0949. The molecule has 1 amide bonds. The SMILES string of the molecule is Nc1nc(CCNC(=O)c2cn(CCc3ccccc3)nn2)cs1. The van der Waals surface area contributed by atoms with Gasteiger partial charge >= 0.3 is 0 Å². The molecule has 3 aromatic rings. The topological polar surface area (TPSA) is 98.7 Å². The lowest BCUT2D eigenvalue weighted by Gasteiger charge is -2.01. The first-order valence-electron chi connectivity index (χ1n) is 7.63. The third-order valence-corrected chi connectivity index (χ3v) is 4.20. The maximum Gasteiger partial charge on any atom is 0.273 e. The number of carbonyl (C=O) groups excluding carboxylic acids is 1. The summed E-state index contributed by atoms with van der Waals surface area (Å²) >= 11 is 1.39. The molecule has 0 saturated heterocycles. The van der Waals surface area contributed by atoms with Gasteiger partial charge in [0.25, 0.3) is 5.91 Å². The van der Waals surface area contributed by atoms with Crippen molar-refractivity contribution in [2.24, 2.45) is 0 Å². The summed E-state index contributed by atoms with van der Waals surface area (Å²) in [6, 6.07) is 10.1. The molecule has 1 aromatic carbocycles. The molecule has 124 valence electrons. The number of nitrogens with zero attached hydrogens (tertiary/aromatic N) is 4. The van der Waals surface area contributed by atoms with E-state index in [1.54, 1.807) is 10.9 Å². The molecule has 0 unspecified atom stereocenters. The maximum absolute atomic E-state index is 12.1. The third-order valence-electron chi connectivity index (χ3n) is 3.48. The number of benzene rings is 1. The van der Waals surface area contributed by atoms with E-state index >= 15 is 0 Å². The minimum atomic E-state index is -0.232. The number of carbonyl (C=O) groups is 1. The van der Waals surface area contributed by atoms with Crippen molar-refractivity contribution in [3.63, 3.8) is 0 Å². The normalized spacial score (nSPS) is 10.7. The molecule has 8 heteroatoms. The third kappa shape index (κ3) is 4.39. The minimum Gasteiger partial charge on any atom is -0.375 e. The van der Waals surface area contributed by atoms with E-state index in [-0.39, 0.29) is 5.91 Å². The predicted molar refractivity (Wildman–Crippen MR) is 92.7 cm³/mol. The van der Waals surface area contributed by atoms with Crippen LogP contribution < -0.4 is 11.1 Å². The molecule has 0 fully saturated rings. The van der Waals surface area contributed by atoms with E-state index in [9.17, 15) is 4.79 Å². The highest BCUT2D eigenvalue weighted by Crippen LogP contribution is 2.10. The maximum atomic E-state index is 12.1. The minimum absolute atomic E-state index is 0.232. The summed E-state index contributed by atoms with van der Waals surface area (Å²) in [5.41, 5.74) is 8.00. The van der Waals surface area contributed by atoms with E-state index < -0.39 is 0 Å². The van der Waals surface area contributed by atoms with Crippen molar-refractivity contribution >= 4 is 22.4 Å². The van der Waals surface area contributed by atoms with Gasteiger partial charge in [0.05, 0.1) is 11.9 Å². The van der Waals surface area contributed by atoms with E-state index in [1.807, 2.05) is 23.6 Å². The summed E-state index contributed by atoms with van der Waals surface area (Å²) in [6.07, 6.45) is 3.15. The largest absolute Gasteiger partial charge is 0.375 e. The van der Waals surface area contributed by atoms with Crippen molar-refractivity contribution in [2.75, 3.05) is 12.3 Å². The predicted octanol–water partition coefficient (Wildman–Crippen LogP) is 1.53. The van der Waals surface area contributed by atoms with Crippen LogP contribution in [-0.2, 0) is 19.4 Å². The van der Waals surface area contributed by atoms with Crippen LogP contribution in [0.1, 0.15) is 21.7 Å². The van der Waals surface area contributed by atoms with Gasteiger partial charge in [0.2, 0.25) is 0 Å². The van der Waals surface area contributed by atoms with E-state index in [1.165, 1.54) is 16.9 Å². The van der Waals surface area contributed by atoms with Gasteiger partial charge in [0.1, 0.15) is 0 Å². The van der Waals surface area contributed by atoms with E-state index in [0.29, 0.717) is 30.3 Å². The molecule has 0 saturated carbocycles. The lowest BCUT2D eigenvalue weighted by Crippen LogP contribution is -2.26. The van der Waals surface area contributed by atoms with Gasteiger partial charge in [-0.2, -0.15) is 0 Å². The summed E-state index contributed by atoms with van der Waals surface area (Å²) in [4.78, 5) is 16.2. The number of hydrogen-bond acceptors (Lipinski definition) is 6. The Labute approximate surface area is 143 Å². The summed E-state index contributed by atoms with van der Waals surface area (Å²) in [5.74, 6) is -0.232. The van der Waals surface area contributed by atoms with Gasteiger partial charge in [-0.1, -0.05) is 35.5 Å². The van der Waals surface area contributed by atoms with Crippen molar-refractivity contribution in [2.45, 2.75) is 19.4 Å². The monoisotopic (exact) mass is 342 g/mol. The second-order valence-corrected chi connectivity index (χ2v) is 6.18. The number of aryl methyl sites for hydroxylation is 2. The van der Waals surface area contributed by atoms with Crippen LogP contribution in [0, 0.1) is 0 Å². The van der Waals surface area contributed by atoms with Gasteiger partial charge in [0, 0.05) is 24.9 Å². The zero-order valence-corrected chi connectivity index (χ0v) is 13.9. The Balaban J connectivity index is 1.46. The molecule has 0 spiro atoms. The standard InChI is InChI=1S/C16H18N6OS/c17-16-19-13(11-24-16)6-8-18-15(23)14-10-22(21-20-14)9-7-12-4-2-1-3-5-12/h1-5,10-11H,6-9H2,(H2,17,19)(H,18,23). The summed E-state index contributed by atoms with van der Waals surface area (Å²) in [6.45, 7) is 1.17. The zero-order valence-electron chi connectivity index (χ0n) is 13.1. The fraction of sp³-hybridized carbons (Fsp3) is 0.250. The molecule has 0 radical (unpaired) electrons. The first-order valence-corrected chi connectivity index (χ1v) is 8.51. The van der Waals surface area contributed by atoms with Gasteiger partial charge in [0.15, 0.2) is 10.8 Å². The zero-order chi connectivity index (χ0) is 16.8. The van der Waals surface area contributed by atoms with Crippen molar-refractivity contribution in [1.82, 2.24) is 25.3 Å². The van der Waals surface area contributed by atoms with Gasteiger partial charge < -0.3 is 11.1 Å². The number of hydrogen-bond donors (Lipinski definition) is 2. The smallest absolute Gasteiger partial charge is 0.273 e. The average molecular weight is 342 g/mol. The highest BCUT2D eigenvalue weighted by Gasteiger charge is 2.10. The number of nitrogen functional groups attached to an aromatic ring is 1. The van der Waals surface area contributed by atoms with Gasteiger partial charge in [-0.15, -0.1) is 16.4 Å². The van der Waals surface area contributed by atoms with Crippen molar-refractivity contribution in [3.05, 3.63) is 58.9 Å². The molecule has 0 aliphatic carbocycles. The molecule has 2 aromatic heterocycles. The molecule has 0 aliphatic heterocycles. The molecule has 7 nitrogen and oxygen atoms in total. The number of thiazole rings is 1. The molecule has 0 aliphatic rings. The Hall–Kier alpha value is -2.74. The fourth-order valence-corrected chi connectivity index (χ4v) is 2.83. The first-order chi connectivity index (χ1) is 11.7. The van der Waals surface area contributed by atoms with Crippen LogP contribution in [0.2, 0.25) is 0 Å². The average Bonchev–Trinajstić information content (AvgIpc) is 3.23. The van der Waals surface area contributed by atoms with Crippen LogP contribution in [0.25, 0.3) is 0 Å². The Morgan fingerprint density at radius 2 is 2.08 bits per heavy atom. The Bertz CT molecular complexity index is 798. The van der Waals surface area contributed by atoms with E-state index in [2.05, 4.69) is 32.7 Å². The summed E-state index contributed by atoms with van der Waals surface area (Å²) < 4.78 is 1.68. The number of aromatic nitrogens is 4. The summed E-state index contributed by atoms with van der Waals surface area (Å²) in [7, 11) is 0. The molecule has 2 heterocycles. The Morgan fingerprint density at radius 1 is 1.25 bits per heavy atom. The van der Waals surface area contributed by atoms with Crippen LogP contribution in [-0.4, -0.2) is 32.4 Å². The van der Waals surface area contributed by atoms with Gasteiger partial charge in [-0.3, -0.25) is 9.48 Å². The first kappa shape index (κ1) is 16.1. The van der Waals surface area contributed by atoms with Crippen LogP contribution >= 0.6 is 11.3 Å². The Morgan fingerprint density at radius 3 is 2.83 bits per heavy atom. The van der Waals surface area contributed by atoms with Crippen molar-refractivity contribution < 1.29 is 4.79 Å². The van der Waals surface area contributed by atoms with Crippen LogP contribution in [0.5, 0.6) is 0 Å². The van der Waals surface area contributed by atoms with Crippen LogP contribution in [0.3, 0.4) is 0 Å². The van der Waals surface area contributed by atoms with Gasteiger partial charge in [-0.25, -0.2) is 4.98 Å². The van der Waals surface area contributed by atoms with Crippen molar-refractivity contribution in [3.8, 4) is 0 Å². The second kappa shape index (κ2) is 7.69. The molecular formula is C16H18N6OS. The van der Waals surface area contributed by atoms with Crippen LogP contribution in [0.4, 0.5) is 5.13 Å². The molecular weight excluding hydrogens is 324 g/mol. The second-order valence-electron chi connectivity index (χ2n) is 5.29. The molecule has 0 atom stereocenters. The highest BCUT2D eigenvalue weighted by molar-refractivity contribution is 7.13. The molecule has 0 bridgehead atoms. The number of amides is 1. The quantitative estimate of drug-likeness (QED) is 0.678. The fourth-order valence-electron chi connectivity index (χ4n) is 2.23. The lowest BCUT2D eigenvalue weighted by atomic mass is 10.1.